The molecule has 1 aliphatic heterocycles. The Hall–Kier alpha value is -3.66. The van der Waals surface area contributed by atoms with Crippen LogP contribution < -0.4 is 5.73 Å². The van der Waals surface area contributed by atoms with E-state index in [-0.39, 0.29) is 6.10 Å². The third-order valence-corrected chi connectivity index (χ3v) is 8.50. The number of hydrogen-bond donors (Lipinski definition) is 1. The molecule has 0 saturated carbocycles. The van der Waals surface area contributed by atoms with E-state index in [1.807, 2.05) is 60.0 Å². The molecule has 1 saturated heterocycles. The molecule has 0 spiro atoms. The maximum Gasteiger partial charge on any atom is 0.135 e. The van der Waals surface area contributed by atoms with Gasteiger partial charge in [-0.2, -0.15) is 0 Å². The monoisotopic (exact) mass is 567 g/mol. The van der Waals surface area contributed by atoms with Crippen molar-refractivity contribution in [3.63, 3.8) is 0 Å². The van der Waals surface area contributed by atoms with Gasteiger partial charge in [0.15, 0.2) is 0 Å². The van der Waals surface area contributed by atoms with Crippen LogP contribution in [0.25, 0.3) is 10.9 Å². The Labute approximate surface area is 243 Å². The molecular formula is C33H33N3O4S. The first-order chi connectivity index (χ1) is 20.1. The molecular weight excluding hydrogens is 534 g/mol. The zero-order chi connectivity index (χ0) is 28.1. The van der Waals surface area contributed by atoms with Crippen LogP contribution >= 0.6 is 11.3 Å². The Kier molecular flexibility index (Phi) is 8.36. The van der Waals surface area contributed by atoms with Gasteiger partial charge in [-0.05, 0) is 23.6 Å². The summed E-state index contributed by atoms with van der Waals surface area (Å²) in [4.78, 5) is 9.70. The number of nitrogens with two attached hydrogens (primary N) is 1. The van der Waals surface area contributed by atoms with Crippen LogP contribution in [-0.2, 0) is 38.8 Å². The van der Waals surface area contributed by atoms with Gasteiger partial charge in [0, 0.05) is 5.38 Å². The van der Waals surface area contributed by atoms with Crippen molar-refractivity contribution in [2.45, 2.75) is 50.7 Å². The summed E-state index contributed by atoms with van der Waals surface area (Å²) >= 11 is 1.55. The van der Waals surface area contributed by atoms with Gasteiger partial charge in [-0.15, -0.1) is 11.3 Å². The molecule has 6 rings (SSSR count). The molecule has 0 radical (unpaired) electrons. The van der Waals surface area contributed by atoms with Gasteiger partial charge in [0.2, 0.25) is 0 Å². The lowest BCUT2D eigenvalue weighted by molar-refractivity contribution is -0.147. The van der Waals surface area contributed by atoms with Crippen LogP contribution in [0.4, 0.5) is 5.82 Å². The van der Waals surface area contributed by atoms with Gasteiger partial charge >= 0.3 is 0 Å². The second-order valence-electron chi connectivity index (χ2n) is 10.4. The van der Waals surface area contributed by atoms with Gasteiger partial charge in [-0.3, -0.25) is 0 Å². The molecule has 41 heavy (non-hydrogen) atoms. The van der Waals surface area contributed by atoms with Crippen LogP contribution in [0, 0.1) is 0 Å². The van der Waals surface area contributed by atoms with E-state index in [0.29, 0.717) is 32.2 Å². The zero-order valence-electron chi connectivity index (χ0n) is 22.9. The van der Waals surface area contributed by atoms with Gasteiger partial charge < -0.3 is 24.7 Å². The fourth-order valence-electron chi connectivity index (χ4n) is 5.31. The van der Waals surface area contributed by atoms with Gasteiger partial charge in [0.05, 0.1) is 42.2 Å². The number of fused-ring (bicyclic) bond motifs is 1. The topological polar surface area (TPSA) is 88.7 Å². The largest absolute Gasteiger partial charge is 0.383 e. The van der Waals surface area contributed by atoms with E-state index in [1.165, 1.54) is 6.33 Å². The van der Waals surface area contributed by atoms with Gasteiger partial charge in [-0.1, -0.05) is 91.0 Å². The maximum absolute atomic E-state index is 6.83. The fourth-order valence-corrected chi connectivity index (χ4v) is 6.47. The standard InChI is InChI=1S/C33H33N3O4S/c1-33(39-19-25-15-9-4-10-16-25)30(38-18-24-13-7-3-8-14-24)27(20-37-17-23-11-5-2-6-12-23)40-31(33)29-28-26(21-41-29)32(34)36-22-35-28/h2-16,21-22,27,30-31H,17-20H2,1H3,(H2,34,35,36). The van der Waals surface area contributed by atoms with Gasteiger partial charge in [0.1, 0.15) is 36.1 Å². The summed E-state index contributed by atoms with van der Waals surface area (Å²) in [5, 5.41) is 2.80. The molecule has 210 valence electrons. The van der Waals surface area contributed by atoms with Crippen molar-refractivity contribution in [2.75, 3.05) is 12.3 Å². The minimum Gasteiger partial charge on any atom is -0.383 e. The van der Waals surface area contributed by atoms with Crippen molar-refractivity contribution in [1.82, 2.24) is 9.97 Å². The van der Waals surface area contributed by atoms with Crippen LogP contribution in [0.15, 0.2) is 103 Å². The molecule has 8 heteroatoms. The first kappa shape index (κ1) is 27.5. The highest BCUT2D eigenvalue weighted by atomic mass is 32.1. The second-order valence-corrected chi connectivity index (χ2v) is 11.3. The molecule has 5 aromatic rings. The first-order valence-electron chi connectivity index (χ1n) is 13.7. The highest BCUT2D eigenvalue weighted by Crippen LogP contribution is 2.50. The van der Waals surface area contributed by atoms with Crippen LogP contribution in [-0.4, -0.2) is 34.4 Å². The van der Waals surface area contributed by atoms with E-state index < -0.39 is 17.8 Å². The highest BCUT2D eigenvalue weighted by molar-refractivity contribution is 7.11. The molecule has 4 atom stereocenters. The van der Waals surface area contributed by atoms with Crippen LogP contribution in [0.2, 0.25) is 0 Å². The first-order valence-corrected chi connectivity index (χ1v) is 14.6. The number of ether oxygens (including phenoxy) is 4. The molecule has 1 aliphatic rings. The van der Waals surface area contributed by atoms with Gasteiger partial charge in [-0.25, -0.2) is 9.97 Å². The van der Waals surface area contributed by atoms with Crippen molar-refractivity contribution in [3.8, 4) is 0 Å². The molecule has 7 nitrogen and oxygen atoms in total. The number of rotatable bonds is 11. The van der Waals surface area contributed by atoms with E-state index in [0.717, 1.165) is 32.5 Å². The Morgan fingerprint density at radius 3 is 2.10 bits per heavy atom. The average molecular weight is 568 g/mol. The van der Waals surface area contributed by atoms with Crippen molar-refractivity contribution in [3.05, 3.63) is 124 Å². The SMILES string of the molecule is CC1(OCc2ccccc2)C(c2scc3c(N)ncnc23)OC(COCc2ccccc2)C1OCc1ccccc1. The van der Waals surface area contributed by atoms with E-state index in [4.69, 9.17) is 24.7 Å². The number of nitrogen functional groups attached to an aromatic ring is 1. The molecule has 1 fully saturated rings. The molecule has 2 N–H and O–H groups in total. The molecule has 3 aromatic carbocycles. The smallest absolute Gasteiger partial charge is 0.135 e. The lowest BCUT2D eigenvalue weighted by Gasteiger charge is -2.35. The normalized spacial score (nSPS) is 22.3. The number of anilines is 1. The Morgan fingerprint density at radius 1 is 0.829 bits per heavy atom. The minimum atomic E-state index is -0.858. The quantitative estimate of drug-likeness (QED) is 0.195. The Balaban J connectivity index is 1.34. The predicted molar refractivity (Wildman–Crippen MR) is 160 cm³/mol. The summed E-state index contributed by atoms with van der Waals surface area (Å²) in [7, 11) is 0. The second kappa shape index (κ2) is 12.5. The van der Waals surface area contributed by atoms with E-state index in [9.17, 15) is 0 Å². The van der Waals surface area contributed by atoms with E-state index in [2.05, 4.69) is 53.3 Å². The molecule has 4 unspecified atom stereocenters. The molecule has 0 aliphatic carbocycles. The van der Waals surface area contributed by atoms with Crippen molar-refractivity contribution >= 4 is 28.1 Å². The summed E-state index contributed by atoms with van der Waals surface area (Å²) in [5.74, 6) is 0.446. The number of nitrogens with zero attached hydrogens (tertiary/aromatic N) is 2. The van der Waals surface area contributed by atoms with Crippen molar-refractivity contribution < 1.29 is 18.9 Å². The zero-order valence-corrected chi connectivity index (χ0v) is 23.7. The molecule has 3 heterocycles. The maximum atomic E-state index is 6.83. The lowest BCUT2D eigenvalue weighted by atomic mass is 9.90. The molecule has 0 amide bonds. The van der Waals surface area contributed by atoms with E-state index in [1.54, 1.807) is 11.3 Å². The predicted octanol–water partition coefficient (Wildman–Crippen LogP) is 6.49. The summed E-state index contributed by atoms with van der Waals surface area (Å²) in [6, 6.07) is 30.4. The lowest BCUT2D eigenvalue weighted by Crippen LogP contribution is -2.47. The Morgan fingerprint density at radius 2 is 1.44 bits per heavy atom. The van der Waals surface area contributed by atoms with E-state index >= 15 is 0 Å². The third-order valence-electron chi connectivity index (χ3n) is 7.48. The summed E-state index contributed by atoms with van der Waals surface area (Å²) in [6.45, 7) is 3.71. The number of thiophene rings is 1. The Bertz CT molecular complexity index is 1550. The van der Waals surface area contributed by atoms with Gasteiger partial charge in [0.25, 0.3) is 0 Å². The van der Waals surface area contributed by atoms with Crippen LogP contribution in [0.1, 0.15) is 34.6 Å². The summed E-state index contributed by atoms with van der Waals surface area (Å²) < 4.78 is 26.5. The number of aromatic nitrogens is 2. The molecule has 2 aromatic heterocycles. The molecule has 0 bridgehead atoms. The average Bonchev–Trinajstić information content (AvgIpc) is 3.56. The highest BCUT2D eigenvalue weighted by Gasteiger charge is 2.57. The van der Waals surface area contributed by atoms with Crippen molar-refractivity contribution in [1.29, 1.82) is 0 Å². The van der Waals surface area contributed by atoms with Crippen molar-refractivity contribution in [2.24, 2.45) is 0 Å². The summed E-state index contributed by atoms with van der Waals surface area (Å²) in [6.07, 6.45) is 0.219. The van der Waals surface area contributed by atoms with Crippen LogP contribution in [0.5, 0.6) is 0 Å². The number of benzene rings is 3. The third kappa shape index (κ3) is 6.02. The number of hydrogen-bond acceptors (Lipinski definition) is 8. The van der Waals surface area contributed by atoms with Crippen LogP contribution in [0.3, 0.4) is 0 Å². The fraction of sp³-hybridized carbons (Fsp3) is 0.273. The minimum absolute atomic E-state index is 0.343. The summed E-state index contributed by atoms with van der Waals surface area (Å²) in [5.41, 5.74) is 9.36.